The lowest BCUT2D eigenvalue weighted by Gasteiger charge is -2.14. The van der Waals surface area contributed by atoms with Gasteiger partial charge >= 0.3 is 0 Å². The molecule has 3 rings (SSSR count). The highest BCUT2D eigenvalue weighted by Gasteiger charge is 2.33. The first-order valence-electron chi connectivity index (χ1n) is 8.47. The van der Waals surface area contributed by atoms with Crippen molar-refractivity contribution in [1.29, 1.82) is 0 Å². The van der Waals surface area contributed by atoms with Crippen molar-refractivity contribution in [2.24, 2.45) is 0 Å². The van der Waals surface area contributed by atoms with Crippen LogP contribution >= 0.6 is 12.2 Å². The fourth-order valence-electron chi connectivity index (χ4n) is 2.66. The van der Waals surface area contributed by atoms with Crippen molar-refractivity contribution in [2.45, 2.75) is 13.3 Å². The Kier molecular flexibility index (Phi) is 5.71. The van der Waals surface area contributed by atoms with Gasteiger partial charge in [0.1, 0.15) is 11.5 Å². The molecule has 140 valence electrons. The van der Waals surface area contributed by atoms with Crippen molar-refractivity contribution in [3.05, 3.63) is 59.5 Å². The van der Waals surface area contributed by atoms with Gasteiger partial charge in [-0.15, -0.1) is 0 Å². The second-order valence-electron chi connectivity index (χ2n) is 5.84. The van der Waals surface area contributed by atoms with Gasteiger partial charge in [0.25, 0.3) is 5.91 Å². The Morgan fingerprint density at radius 1 is 1.22 bits per heavy atom. The van der Waals surface area contributed by atoms with Gasteiger partial charge in [-0.1, -0.05) is 25.1 Å². The van der Waals surface area contributed by atoms with Crippen molar-refractivity contribution in [1.82, 2.24) is 5.32 Å². The zero-order chi connectivity index (χ0) is 19.4. The number of carbonyl (C=O) groups is 1. The van der Waals surface area contributed by atoms with Gasteiger partial charge in [0.2, 0.25) is 0 Å². The van der Waals surface area contributed by atoms with Gasteiger partial charge in [0, 0.05) is 0 Å². The van der Waals surface area contributed by atoms with Crippen molar-refractivity contribution in [2.75, 3.05) is 18.6 Å². The average Bonchev–Trinajstić information content (AvgIpc) is 2.94. The Balaban J connectivity index is 1.89. The highest BCUT2D eigenvalue weighted by molar-refractivity contribution is 7.80. The van der Waals surface area contributed by atoms with Crippen molar-refractivity contribution in [3.63, 3.8) is 0 Å². The normalized spacial score (nSPS) is 15.2. The summed E-state index contributed by atoms with van der Waals surface area (Å²) >= 11 is 5.21. The summed E-state index contributed by atoms with van der Waals surface area (Å²) in [6, 6.07) is 11.4. The van der Waals surface area contributed by atoms with Crippen molar-refractivity contribution >= 4 is 35.0 Å². The number of nitrogens with zero attached hydrogens (tertiary/aromatic N) is 1. The van der Waals surface area contributed by atoms with Crippen LogP contribution in [-0.2, 0) is 4.79 Å². The van der Waals surface area contributed by atoms with Crippen LogP contribution in [0.5, 0.6) is 11.5 Å². The third-order valence-electron chi connectivity index (χ3n) is 3.93. The number of thiocarbonyl (C=S) groups is 1. The van der Waals surface area contributed by atoms with Crippen LogP contribution in [0.4, 0.5) is 10.1 Å². The van der Waals surface area contributed by atoms with Crippen LogP contribution in [0.1, 0.15) is 18.9 Å². The monoisotopic (exact) mass is 386 g/mol. The topological polar surface area (TPSA) is 50.8 Å². The number of halogens is 1. The Hall–Kier alpha value is -2.93. The average molecular weight is 386 g/mol. The lowest BCUT2D eigenvalue weighted by atomic mass is 10.1. The summed E-state index contributed by atoms with van der Waals surface area (Å²) in [7, 11) is 1.55. The van der Waals surface area contributed by atoms with E-state index in [2.05, 4.69) is 5.32 Å². The van der Waals surface area contributed by atoms with Crippen LogP contribution in [0.25, 0.3) is 6.08 Å². The summed E-state index contributed by atoms with van der Waals surface area (Å²) in [5, 5.41) is 2.98. The van der Waals surface area contributed by atoms with Crippen LogP contribution in [0.2, 0.25) is 0 Å². The number of benzene rings is 2. The van der Waals surface area contributed by atoms with Crippen LogP contribution in [0, 0.1) is 5.82 Å². The number of ether oxygens (including phenoxy) is 2. The number of para-hydroxylation sites is 1. The predicted molar refractivity (Wildman–Crippen MR) is 106 cm³/mol. The molecule has 27 heavy (non-hydrogen) atoms. The number of nitrogens with one attached hydrogen (secondary N) is 1. The molecule has 1 N–H and O–H groups in total. The summed E-state index contributed by atoms with van der Waals surface area (Å²) in [5.41, 5.74) is 1.10. The fraction of sp³-hybridized carbons (Fsp3) is 0.200. The first kappa shape index (κ1) is 18.8. The maximum absolute atomic E-state index is 14.1. The smallest absolute Gasteiger partial charge is 0.281 e. The standard InChI is InChI=1S/C20H19FN2O3S/c1-3-10-26-17-9-8-13(12-18(17)25-2)11-15-19(24)23(20(27)22-15)16-7-5-4-6-14(16)21/h4-9,11-12H,3,10H2,1-2H3,(H,22,27)/b15-11-. The van der Waals surface area contributed by atoms with E-state index in [9.17, 15) is 9.18 Å². The molecule has 7 heteroatoms. The molecular weight excluding hydrogens is 367 g/mol. The summed E-state index contributed by atoms with van der Waals surface area (Å²) in [6.45, 7) is 2.61. The van der Waals surface area contributed by atoms with Gasteiger partial charge in [0.05, 0.1) is 19.4 Å². The molecule has 1 aliphatic rings. The molecule has 0 radical (unpaired) electrons. The molecule has 1 heterocycles. The Morgan fingerprint density at radius 2 is 2.00 bits per heavy atom. The quantitative estimate of drug-likeness (QED) is 0.603. The number of amides is 1. The second-order valence-corrected chi connectivity index (χ2v) is 6.23. The molecule has 0 bridgehead atoms. The van der Waals surface area contributed by atoms with E-state index in [1.54, 1.807) is 37.5 Å². The molecule has 0 atom stereocenters. The lowest BCUT2D eigenvalue weighted by Crippen LogP contribution is -2.31. The molecule has 1 fully saturated rings. The molecule has 1 aliphatic heterocycles. The van der Waals surface area contributed by atoms with E-state index in [1.807, 2.05) is 13.0 Å². The summed E-state index contributed by atoms with van der Waals surface area (Å²) < 4.78 is 25.0. The van der Waals surface area contributed by atoms with Gasteiger partial charge in [0.15, 0.2) is 16.6 Å². The number of methoxy groups -OCH3 is 1. The summed E-state index contributed by atoms with van der Waals surface area (Å²) in [5.74, 6) is 0.262. The first-order valence-corrected chi connectivity index (χ1v) is 8.88. The minimum Gasteiger partial charge on any atom is -0.493 e. The lowest BCUT2D eigenvalue weighted by molar-refractivity contribution is -0.113. The molecule has 2 aromatic rings. The highest BCUT2D eigenvalue weighted by Crippen LogP contribution is 2.30. The molecule has 0 aromatic heterocycles. The molecular formula is C20H19FN2O3S. The second kappa shape index (κ2) is 8.18. The molecule has 2 aromatic carbocycles. The zero-order valence-corrected chi connectivity index (χ0v) is 15.8. The minimum absolute atomic E-state index is 0.115. The van der Waals surface area contributed by atoms with Gasteiger partial charge in [-0.05, 0) is 54.5 Å². The Labute approximate surface area is 162 Å². The van der Waals surface area contributed by atoms with E-state index in [1.165, 1.54) is 12.1 Å². The maximum atomic E-state index is 14.1. The first-order chi connectivity index (χ1) is 13.0. The summed E-state index contributed by atoms with van der Waals surface area (Å²) in [4.78, 5) is 13.9. The number of hydrogen-bond donors (Lipinski definition) is 1. The van der Waals surface area contributed by atoms with E-state index in [-0.39, 0.29) is 16.5 Å². The SMILES string of the molecule is CCCOc1ccc(/C=C2\NC(=S)N(c3ccccc3F)C2=O)cc1OC. The largest absolute Gasteiger partial charge is 0.493 e. The molecule has 0 aliphatic carbocycles. The molecule has 0 unspecified atom stereocenters. The van der Waals surface area contributed by atoms with Crippen molar-refractivity contribution in [3.8, 4) is 11.5 Å². The minimum atomic E-state index is -0.518. The predicted octanol–water partition coefficient (Wildman–Crippen LogP) is 3.89. The molecule has 1 saturated heterocycles. The van der Waals surface area contributed by atoms with Gasteiger partial charge in [-0.25, -0.2) is 9.29 Å². The van der Waals surface area contributed by atoms with E-state index >= 15 is 0 Å². The molecule has 1 amide bonds. The number of anilines is 1. The number of rotatable bonds is 6. The number of carbonyl (C=O) groups excluding carboxylic acids is 1. The zero-order valence-electron chi connectivity index (χ0n) is 15.0. The third kappa shape index (κ3) is 3.93. The maximum Gasteiger partial charge on any atom is 0.281 e. The molecule has 0 saturated carbocycles. The molecule has 0 spiro atoms. The van der Waals surface area contributed by atoms with Crippen LogP contribution in [0.3, 0.4) is 0 Å². The van der Waals surface area contributed by atoms with E-state index in [0.29, 0.717) is 18.1 Å². The Morgan fingerprint density at radius 3 is 2.70 bits per heavy atom. The van der Waals surface area contributed by atoms with E-state index < -0.39 is 11.7 Å². The fourth-order valence-corrected chi connectivity index (χ4v) is 2.95. The van der Waals surface area contributed by atoms with Gasteiger partial charge in [-0.2, -0.15) is 0 Å². The molecule has 5 nitrogen and oxygen atoms in total. The van der Waals surface area contributed by atoms with Crippen LogP contribution < -0.4 is 19.7 Å². The third-order valence-corrected chi connectivity index (χ3v) is 4.22. The van der Waals surface area contributed by atoms with E-state index in [4.69, 9.17) is 21.7 Å². The van der Waals surface area contributed by atoms with Gasteiger partial charge < -0.3 is 14.8 Å². The Bertz CT molecular complexity index is 914. The van der Waals surface area contributed by atoms with Crippen LogP contribution in [0.15, 0.2) is 48.2 Å². The highest BCUT2D eigenvalue weighted by atomic mass is 32.1. The summed E-state index contributed by atoms with van der Waals surface area (Å²) in [6.07, 6.45) is 2.53. The van der Waals surface area contributed by atoms with E-state index in [0.717, 1.165) is 16.9 Å². The number of hydrogen-bond acceptors (Lipinski definition) is 4. The van der Waals surface area contributed by atoms with Gasteiger partial charge in [-0.3, -0.25) is 4.79 Å². The van der Waals surface area contributed by atoms with Crippen molar-refractivity contribution < 1.29 is 18.7 Å². The van der Waals surface area contributed by atoms with Crippen LogP contribution in [-0.4, -0.2) is 24.7 Å².